The predicted octanol–water partition coefficient (Wildman–Crippen LogP) is 2.10. The summed E-state index contributed by atoms with van der Waals surface area (Å²) in [6.45, 7) is 6.23. The molecule has 0 unspecified atom stereocenters. The predicted molar refractivity (Wildman–Crippen MR) is 54.9 cm³/mol. The van der Waals surface area contributed by atoms with E-state index in [1.165, 1.54) is 6.33 Å². The van der Waals surface area contributed by atoms with Gasteiger partial charge < -0.3 is 10.2 Å². The second kappa shape index (κ2) is 2.70. The van der Waals surface area contributed by atoms with E-state index in [1.54, 1.807) is 0 Å². The first-order chi connectivity index (χ1) is 6.48. The summed E-state index contributed by atoms with van der Waals surface area (Å²) in [6, 6.07) is 1.91. The van der Waals surface area contributed by atoms with Gasteiger partial charge in [0.25, 0.3) is 0 Å². The van der Waals surface area contributed by atoms with E-state index in [0.717, 1.165) is 11.1 Å². The van der Waals surface area contributed by atoms with Crippen molar-refractivity contribution >= 4 is 16.9 Å². The van der Waals surface area contributed by atoms with Crippen molar-refractivity contribution in [2.24, 2.45) is 0 Å². The van der Waals surface area contributed by atoms with Gasteiger partial charge in [-0.05, 0) is 6.07 Å². The van der Waals surface area contributed by atoms with E-state index >= 15 is 0 Å². The summed E-state index contributed by atoms with van der Waals surface area (Å²) in [4.78, 5) is 7.93. The number of anilines is 1. The van der Waals surface area contributed by atoms with Crippen molar-refractivity contribution in [2.45, 2.75) is 26.2 Å². The van der Waals surface area contributed by atoms with Crippen LogP contribution in [0.15, 0.2) is 16.8 Å². The van der Waals surface area contributed by atoms with Gasteiger partial charge in [-0.3, -0.25) is 0 Å². The van der Waals surface area contributed by atoms with E-state index in [4.69, 9.17) is 10.2 Å². The lowest BCUT2D eigenvalue weighted by Crippen LogP contribution is -2.08. The first-order valence-corrected chi connectivity index (χ1v) is 4.49. The molecule has 2 heterocycles. The third-order valence-electron chi connectivity index (χ3n) is 2.10. The van der Waals surface area contributed by atoms with Crippen molar-refractivity contribution in [3.63, 3.8) is 0 Å². The molecule has 2 aromatic rings. The number of fused-ring (bicyclic) bond motifs is 1. The second-order valence-corrected chi connectivity index (χ2v) is 4.34. The summed E-state index contributed by atoms with van der Waals surface area (Å²) in [5.41, 5.74) is 6.22. The standard InChI is InChI=1S/C10H13N3O/c1-10(2,3)7-4-6-8(11)12-5-13-9(6)14-7/h4-5H,1-3H3,(H2,11,12,13). The van der Waals surface area contributed by atoms with Crippen LogP contribution < -0.4 is 5.73 Å². The van der Waals surface area contributed by atoms with Crippen LogP contribution in [0.1, 0.15) is 26.5 Å². The third-order valence-corrected chi connectivity index (χ3v) is 2.10. The molecular weight excluding hydrogens is 178 g/mol. The maximum Gasteiger partial charge on any atom is 0.231 e. The lowest BCUT2D eigenvalue weighted by Gasteiger charge is -2.13. The Labute approximate surface area is 82.1 Å². The van der Waals surface area contributed by atoms with E-state index < -0.39 is 0 Å². The summed E-state index contributed by atoms with van der Waals surface area (Å²) >= 11 is 0. The third kappa shape index (κ3) is 1.32. The first kappa shape index (κ1) is 8.99. The highest BCUT2D eigenvalue weighted by molar-refractivity contribution is 5.84. The number of aromatic nitrogens is 2. The largest absolute Gasteiger partial charge is 0.442 e. The van der Waals surface area contributed by atoms with Crippen LogP contribution in [-0.4, -0.2) is 9.97 Å². The van der Waals surface area contributed by atoms with Crippen LogP contribution in [0, 0.1) is 0 Å². The number of hydrogen-bond acceptors (Lipinski definition) is 4. The van der Waals surface area contributed by atoms with E-state index in [9.17, 15) is 0 Å². The Morgan fingerprint density at radius 1 is 1.29 bits per heavy atom. The topological polar surface area (TPSA) is 64.9 Å². The van der Waals surface area contributed by atoms with Gasteiger partial charge in [-0.1, -0.05) is 20.8 Å². The molecule has 74 valence electrons. The highest BCUT2D eigenvalue weighted by Gasteiger charge is 2.20. The van der Waals surface area contributed by atoms with Gasteiger partial charge >= 0.3 is 0 Å². The minimum absolute atomic E-state index is 0.0346. The van der Waals surface area contributed by atoms with E-state index in [0.29, 0.717) is 11.5 Å². The number of furan rings is 1. The maximum atomic E-state index is 5.70. The molecule has 14 heavy (non-hydrogen) atoms. The van der Waals surface area contributed by atoms with Crippen LogP contribution in [0.2, 0.25) is 0 Å². The summed E-state index contributed by atoms with van der Waals surface area (Å²) in [6.07, 6.45) is 1.41. The average molecular weight is 191 g/mol. The molecule has 0 aromatic carbocycles. The van der Waals surface area contributed by atoms with Crippen LogP contribution >= 0.6 is 0 Å². The highest BCUT2D eigenvalue weighted by atomic mass is 16.3. The Balaban J connectivity index is 2.69. The quantitative estimate of drug-likeness (QED) is 0.692. The molecular formula is C10H13N3O. The van der Waals surface area contributed by atoms with Crippen LogP contribution in [0.25, 0.3) is 11.1 Å². The van der Waals surface area contributed by atoms with Crippen molar-refractivity contribution in [1.82, 2.24) is 9.97 Å². The van der Waals surface area contributed by atoms with Crippen LogP contribution in [-0.2, 0) is 5.41 Å². The van der Waals surface area contributed by atoms with Gasteiger partial charge in [-0.15, -0.1) is 0 Å². The van der Waals surface area contributed by atoms with Gasteiger partial charge in [0.05, 0.1) is 5.39 Å². The number of nitrogens with zero attached hydrogens (tertiary/aromatic N) is 2. The zero-order chi connectivity index (χ0) is 10.3. The lowest BCUT2D eigenvalue weighted by molar-refractivity contribution is 0.426. The van der Waals surface area contributed by atoms with E-state index in [-0.39, 0.29) is 5.41 Å². The summed E-state index contributed by atoms with van der Waals surface area (Å²) in [7, 11) is 0. The van der Waals surface area contributed by atoms with Crippen molar-refractivity contribution < 1.29 is 4.42 Å². The fourth-order valence-corrected chi connectivity index (χ4v) is 1.24. The molecule has 0 atom stereocenters. The molecule has 0 bridgehead atoms. The Morgan fingerprint density at radius 2 is 2.00 bits per heavy atom. The van der Waals surface area contributed by atoms with Crippen LogP contribution in [0.5, 0.6) is 0 Å². The first-order valence-electron chi connectivity index (χ1n) is 4.49. The SMILES string of the molecule is CC(C)(C)c1cc2c(N)ncnc2o1. The van der Waals surface area contributed by atoms with Gasteiger partial charge in [-0.2, -0.15) is 0 Å². The summed E-state index contributed by atoms with van der Waals surface area (Å²) < 4.78 is 5.58. The highest BCUT2D eigenvalue weighted by Crippen LogP contribution is 2.29. The average Bonchev–Trinajstić information content (AvgIpc) is 2.48. The molecule has 0 fully saturated rings. The Hall–Kier alpha value is -1.58. The number of hydrogen-bond donors (Lipinski definition) is 1. The molecule has 0 amide bonds. The van der Waals surface area contributed by atoms with Crippen molar-refractivity contribution in [3.8, 4) is 0 Å². The fourth-order valence-electron chi connectivity index (χ4n) is 1.24. The van der Waals surface area contributed by atoms with Crippen LogP contribution in [0.4, 0.5) is 5.82 Å². The molecule has 4 nitrogen and oxygen atoms in total. The molecule has 0 saturated heterocycles. The normalized spacial score (nSPS) is 12.2. The van der Waals surface area contributed by atoms with Gasteiger partial charge in [0.1, 0.15) is 17.9 Å². The maximum absolute atomic E-state index is 5.70. The number of rotatable bonds is 0. The van der Waals surface area contributed by atoms with Crippen molar-refractivity contribution in [3.05, 3.63) is 18.2 Å². The zero-order valence-electron chi connectivity index (χ0n) is 8.53. The molecule has 0 aliphatic rings. The van der Waals surface area contributed by atoms with Crippen molar-refractivity contribution in [2.75, 3.05) is 5.73 Å². The molecule has 0 saturated carbocycles. The molecule has 2 rings (SSSR count). The second-order valence-electron chi connectivity index (χ2n) is 4.34. The minimum Gasteiger partial charge on any atom is -0.442 e. The fraction of sp³-hybridized carbons (Fsp3) is 0.400. The number of nitrogen functional groups attached to an aromatic ring is 1. The molecule has 4 heteroatoms. The molecule has 0 aliphatic heterocycles. The number of nitrogens with two attached hydrogens (primary N) is 1. The smallest absolute Gasteiger partial charge is 0.231 e. The Morgan fingerprint density at radius 3 is 2.57 bits per heavy atom. The Bertz CT molecular complexity index is 468. The van der Waals surface area contributed by atoms with Crippen molar-refractivity contribution in [1.29, 1.82) is 0 Å². The zero-order valence-corrected chi connectivity index (χ0v) is 8.53. The molecule has 2 N–H and O–H groups in total. The van der Waals surface area contributed by atoms with Gasteiger partial charge in [-0.25, -0.2) is 9.97 Å². The minimum atomic E-state index is -0.0346. The van der Waals surface area contributed by atoms with Gasteiger partial charge in [0, 0.05) is 5.41 Å². The molecule has 0 spiro atoms. The molecule has 0 radical (unpaired) electrons. The molecule has 2 aromatic heterocycles. The van der Waals surface area contributed by atoms with E-state index in [2.05, 4.69) is 30.7 Å². The van der Waals surface area contributed by atoms with Crippen LogP contribution in [0.3, 0.4) is 0 Å². The Kier molecular flexibility index (Phi) is 1.74. The van der Waals surface area contributed by atoms with E-state index in [1.807, 2.05) is 6.07 Å². The van der Waals surface area contributed by atoms with Gasteiger partial charge in [0.2, 0.25) is 5.71 Å². The van der Waals surface area contributed by atoms with Gasteiger partial charge in [0.15, 0.2) is 0 Å². The summed E-state index contributed by atoms with van der Waals surface area (Å²) in [5, 5.41) is 0.789. The monoisotopic (exact) mass is 191 g/mol. The lowest BCUT2D eigenvalue weighted by atomic mass is 9.93. The summed E-state index contributed by atoms with van der Waals surface area (Å²) in [5.74, 6) is 1.34. The molecule has 0 aliphatic carbocycles.